The van der Waals surface area contributed by atoms with Crippen LogP contribution in [0.2, 0.25) is 0 Å². The van der Waals surface area contributed by atoms with E-state index in [9.17, 15) is 9.59 Å². The molecule has 0 spiro atoms. The van der Waals surface area contributed by atoms with E-state index in [0.717, 1.165) is 0 Å². The smallest absolute Gasteiger partial charge is 0.277 e. The normalized spacial score (nSPS) is 16.9. The number of carbonyl (C=O) groups is 2. The van der Waals surface area contributed by atoms with Gasteiger partial charge in [0.15, 0.2) is 4.34 Å². The fourth-order valence-electron chi connectivity index (χ4n) is 1.40. The summed E-state index contributed by atoms with van der Waals surface area (Å²) < 4.78 is 0.645. The summed E-state index contributed by atoms with van der Waals surface area (Å²) in [6.07, 6.45) is 0. The van der Waals surface area contributed by atoms with Gasteiger partial charge in [-0.05, 0) is 0 Å². The van der Waals surface area contributed by atoms with Gasteiger partial charge >= 0.3 is 0 Å². The summed E-state index contributed by atoms with van der Waals surface area (Å²) in [5, 5.41) is 26.5. The minimum Gasteiger partial charge on any atom is -0.396 e. The largest absolute Gasteiger partial charge is 0.396 e. The van der Waals surface area contributed by atoms with Crippen LogP contribution in [0.15, 0.2) is 14.6 Å². The minimum atomic E-state index is -1.15. The predicted octanol–water partition coefficient (Wildman–Crippen LogP) is -0.0798. The van der Waals surface area contributed by atoms with Crippen LogP contribution in [0.25, 0.3) is 0 Å². The molecule has 108 valence electrons. The highest BCUT2D eigenvalue weighted by atomic mass is 32.2. The van der Waals surface area contributed by atoms with Crippen LogP contribution < -0.4 is 0 Å². The fraction of sp³-hybridized carbons (Fsp3) is 0.556. The van der Waals surface area contributed by atoms with Crippen LogP contribution in [0.3, 0.4) is 0 Å². The Labute approximate surface area is 122 Å². The Bertz CT molecular complexity index is 528. The Morgan fingerprint density at radius 1 is 1.30 bits per heavy atom. The van der Waals surface area contributed by atoms with Crippen LogP contribution >= 0.6 is 23.1 Å². The Morgan fingerprint density at radius 2 is 1.95 bits per heavy atom. The van der Waals surface area contributed by atoms with Gasteiger partial charge in [-0.25, -0.2) is 0 Å². The van der Waals surface area contributed by atoms with Gasteiger partial charge in [0.25, 0.3) is 16.9 Å². The van der Waals surface area contributed by atoms with Crippen LogP contribution in [0.5, 0.6) is 0 Å². The fourth-order valence-corrected chi connectivity index (χ4v) is 2.88. The molecule has 0 atom stereocenters. The zero-order valence-corrected chi connectivity index (χ0v) is 12.4. The molecule has 1 aliphatic rings. The van der Waals surface area contributed by atoms with Crippen LogP contribution in [0.4, 0.5) is 5.13 Å². The van der Waals surface area contributed by atoms with Crippen molar-refractivity contribution in [2.45, 2.75) is 10.4 Å². The molecule has 2 rings (SSSR count). The topological polar surface area (TPSA) is 111 Å². The Balaban J connectivity index is 2.04. The molecule has 1 N–H and O–H groups in total. The number of nitrogens with zero attached hydrogens (tertiary/aromatic N) is 6. The molecule has 0 aromatic carbocycles. The first-order valence-corrected chi connectivity index (χ1v) is 7.38. The number of thioether (sulfide) groups is 1. The molecule has 9 nitrogen and oxygen atoms in total. The van der Waals surface area contributed by atoms with Crippen LogP contribution in [-0.2, 0) is 9.59 Å². The summed E-state index contributed by atoms with van der Waals surface area (Å²) in [6.45, 7) is 0.0465. The molecule has 20 heavy (non-hydrogen) atoms. The van der Waals surface area contributed by atoms with Gasteiger partial charge in [-0.1, -0.05) is 23.1 Å². The number of likely N-dealkylation sites (N-methyl/N-ethyl adjacent to an activating group) is 2. The molecule has 1 saturated heterocycles. The highest BCUT2D eigenvalue weighted by Gasteiger charge is 2.42. The van der Waals surface area contributed by atoms with E-state index < -0.39 is 17.9 Å². The SMILES string of the molecule is CN1C(=O)C(/N=N/c2nnc(SCCO)s2)C(=O)N1C. The Hall–Kier alpha value is -1.59. The van der Waals surface area contributed by atoms with Crippen molar-refractivity contribution in [3.05, 3.63) is 0 Å². The molecule has 0 bridgehead atoms. The maximum absolute atomic E-state index is 11.7. The van der Waals surface area contributed by atoms with Crippen molar-refractivity contribution in [3.63, 3.8) is 0 Å². The van der Waals surface area contributed by atoms with E-state index >= 15 is 0 Å². The summed E-state index contributed by atoms with van der Waals surface area (Å²) in [5.41, 5.74) is 0. The average Bonchev–Trinajstić information content (AvgIpc) is 2.96. The summed E-state index contributed by atoms with van der Waals surface area (Å²) in [5.74, 6) is -0.345. The van der Waals surface area contributed by atoms with Gasteiger partial charge in [-0.15, -0.1) is 15.3 Å². The minimum absolute atomic E-state index is 0.0465. The maximum atomic E-state index is 11.7. The monoisotopic (exact) mass is 316 g/mol. The summed E-state index contributed by atoms with van der Waals surface area (Å²) in [4.78, 5) is 23.5. The molecular weight excluding hydrogens is 304 g/mol. The molecule has 1 fully saturated rings. The van der Waals surface area contributed by atoms with Crippen molar-refractivity contribution in [1.82, 2.24) is 20.2 Å². The number of hydrogen-bond donors (Lipinski definition) is 1. The summed E-state index contributed by atoms with van der Waals surface area (Å²) >= 11 is 2.52. The molecule has 11 heteroatoms. The molecular formula is C9H12N6O3S2. The molecule has 1 aromatic rings. The molecule has 0 saturated carbocycles. The second-order valence-electron chi connectivity index (χ2n) is 3.76. The third kappa shape index (κ3) is 2.94. The number of hydrogen-bond acceptors (Lipinski definition) is 9. The third-order valence-electron chi connectivity index (χ3n) is 2.53. The molecule has 0 radical (unpaired) electrons. The molecule has 0 unspecified atom stereocenters. The Morgan fingerprint density at radius 3 is 2.55 bits per heavy atom. The number of amides is 2. The van der Waals surface area contributed by atoms with Crippen molar-refractivity contribution >= 4 is 40.0 Å². The first kappa shape index (κ1) is 14.8. The van der Waals surface area contributed by atoms with E-state index in [1.165, 1.54) is 47.2 Å². The first-order chi connectivity index (χ1) is 9.54. The van der Waals surface area contributed by atoms with E-state index in [-0.39, 0.29) is 11.7 Å². The molecule has 0 aliphatic carbocycles. The number of aliphatic hydroxyl groups is 1. The van der Waals surface area contributed by atoms with Crippen LogP contribution in [0, 0.1) is 0 Å². The van der Waals surface area contributed by atoms with Gasteiger partial charge < -0.3 is 5.11 Å². The molecule has 2 heterocycles. The van der Waals surface area contributed by atoms with Gasteiger partial charge in [0.1, 0.15) is 0 Å². The first-order valence-electron chi connectivity index (χ1n) is 5.57. The number of aromatic nitrogens is 2. The molecule has 1 aliphatic heterocycles. The average molecular weight is 316 g/mol. The van der Waals surface area contributed by atoms with Crippen LogP contribution in [0.1, 0.15) is 0 Å². The van der Waals surface area contributed by atoms with E-state index in [1.807, 2.05) is 0 Å². The Kier molecular flexibility index (Phi) is 4.62. The van der Waals surface area contributed by atoms with Crippen molar-refractivity contribution in [1.29, 1.82) is 0 Å². The number of rotatable bonds is 5. The number of carbonyl (C=O) groups excluding carboxylic acids is 2. The lowest BCUT2D eigenvalue weighted by Gasteiger charge is -2.17. The van der Waals surface area contributed by atoms with E-state index in [0.29, 0.717) is 10.1 Å². The lowest BCUT2D eigenvalue weighted by Crippen LogP contribution is -2.33. The summed E-state index contributed by atoms with van der Waals surface area (Å²) in [7, 11) is 2.98. The second kappa shape index (κ2) is 6.24. The number of hydrazine groups is 1. The van der Waals surface area contributed by atoms with Crippen LogP contribution in [-0.4, -0.2) is 69.6 Å². The standard InChI is InChI=1S/C9H12N6O3S2/c1-14-6(17)5(7(18)15(14)2)10-11-8-12-13-9(20-8)19-4-3-16/h5,16H,3-4H2,1-2H3/b11-10+. The third-order valence-corrected chi connectivity index (χ3v) is 4.45. The maximum Gasteiger partial charge on any atom is 0.277 e. The second-order valence-corrected chi connectivity index (χ2v) is 6.06. The van der Waals surface area contributed by atoms with Gasteiger partial charge in [0.05, 0.1) is 6.61 Å². The molecule has 2 amide bonds. The van der Waals surface area contributed by atoms with Gasteiger partial charge in [0, 0.05) is 19.8 Å². The zero-order valence-electron chi connectivity index (χ0n) is 10.8. The highest BCUT2D eigenvalue weighted by Crippen LogP contribution is 2.27. The number of azo groups is 1. The van der Waals surface area contributed by atoms with E-state index in [2.05, 4.69) is 20.4 Å². The zero-order chi connectivity index (χ0) is 14.7. The van der Waals surface area contributed by atoms with Gasteiger partial charge in [0.2, 0.25) is 6.04 Å². The van der Waals surface area contributed by atoms with Crippen molar-refractivity contribution < 1.29 is 14.7 Å². The summed E-state index contributed by atoms with van der Waals surface area (Å²) in [6, 6.07) is -1.15. The molecule has 1 aromatic heterocycles. The van der Waals surface area contributed by atoms with Gasteiger partial charge in [-0.2, -0.15) is 5.11 Å². The lowest BCUT2D eigenvalue weighted by molar-refractivity contribution is -0.141. The van der Waals surface area contributed by atoms with Crippen molar-refractivity contribution in [3.8, 4) is 0 Å². The van der Waals surface area contributed by atoms with E-state index in [4.69, 9.17) is 5.11 Å². The number of aliphatic hydroxyl groups excluding tert-OH is 1. The van der Waals surface area contributed by atoms with Crippen molar-refractivity contribution in [2.24, 2.45) is 10.2 Å². The lowest BCUT2D eigenvalue weighted by atomic mass is 10.3. The van der Waals surface area contributed by atoms with Crippen molar-refractivity contribution in [2.75, 3.05) is 26.5 Å². The predicted molar refractivity (Wildman–Crippen MR) is 71.6 cm³/mol. The highest BCUT2D eigenvalue weighted by molar-refractivity contribution is 8.01. The quantitative estimate of drug-likeness (QED) is 0.462. The van der Waals surface area contributed by atoms with E-state index in [1.54, 1.807) is 0 Å². The van der Waals surface area contributed by atoms with Gasteiger partial charge in [-0.3, -0.25) is 19.6 Å².